The summed E-state index contributed by atoms with van der Waals surface area (Å²) in [6, 6.07) is 1.32. The fourth-order valence-corrected chi connectivity index (χ4v) is 3.43. The van der Waals surface area contributed by atoms with Crippen LogP contribution >= 0.6 is 0 Å². The molecule has 3 heterocycles. The first-order chi connectivity index (χ1) is 10.8. The van der Waals surface area contributed by atoms with Gasteiger partial charge in [0.05, 0.1) is 37.3 Å². The molecule has 124 valence electrons. The van der Waals surface area contributed by atoms with Crippen molar-refractivity contribution in [3.05, 3.63) is 29.7 Å². The molecule has 1 aromatic rings. The van der Waals surface area contributed by atoms with E-state index in [0.29, 0.717) is 5.57 Å². The molecule has 0 N–H and O–H groups in total. The average Bonchev–Trinajstić information content (AvgIpc) is 3.17. The molecule has 0 saturated carbocycles. The summed E-state index contributed by atoms with van der Waals surface area (Å²) < 4.78 is 15.6. The Morgan fingerprint density at radius 1 is 1.26 bits per heavy atom. The molecule has 1 amide bonds. The number of furan rings is 1. The molecule has 1 fully saturated rings. The second-order valence-corrected chi connectivity index (χ2v) is 6.83. The van der Waals surface area contributed by atoms with Gasteiger partial charge in [-0.15, -0.1) is 0 Å². The lowest BCUT2D eigenvalue weighted by atomic mass is 9.88. The Morgan fingerprint density at radius 3 is 2.52 bits per heavy atom. The minimum Gasteiger partial charge on any atom is -0.472 e. The van der Waals surface area contributed by atoms with Gasteiger partial charge in [-0.05, 0) is 45.3 Å². The number of esters is 1. The highest BCUT2D eigenvalue weighted by Gasteiger charge is 2.52. The Balaban J connectivity index is 1.98. The molecular weight excluding hydrogens is 298 g/mol. The van der Waals surface area contributed by atoms with Crippen LogP contribution in [0, 0.1) is 0 Å². The van der Waals surface area contributed by atoms with Crippen LogP contribution in [-0.4, -0.2) is 41.8 Å². The molecule has 0 spiro atoms. The van der Waals surface area contributed by atoms with Crippen molar-refractivity contribution in [2.75, 3.05) is 7.11 Å². The highest BCUT2D eigenvalue weighted by Crippen LogP contribution is 2.47. The first-order valence-electron chi connectivity index (χ1n) is 7.69. The second kappa shape index (κ2) is 5.44. The van der Waals surface area contributed by atoms with Crippen LogP contribution in [0.15, 0.2) is 28.6 Å². The Morgan fingerprint density at radius 2 is 1.96 bits per heavy atom. The average molecular weight is 319 g/mol. The van der Waals surface area contributed by atoms with E-state index in [4.69, 9.17) is 13.9 Å². The van der Waals surface area contributed by atoms with Crippen LogP contribution in [0.2, 0.25) is 0 Å². The van der Waals surface area contributed by atoms with E-state index in [9.17, 15) is 9.59 Å². The summed E-state index contributed by atoms with van der Waals surface area (Å²) in [5, 5.41) is 0. The molecule has 6 heteroatoms. The first-order valence-corrected chi connectivity index (χ1v) is 7.69. The van der Waals surface area contributed by atoms with Gasteiger partial charge in [-0.2, -0.15) is 0 Å². The zero-order valence-electron chi connectivity index (χ0n) is 13.8. The molecule has 0 radical (unpaired) electrons. The van der Waals surface area contributed by atoms with Gasteiger partial charge in [0.1, 0.15) is 5.60 Å². The minimum atomic E-state index is -0.583. The number of ether oxygens (including phenoxy) is 2. The maximum Gasteiger partial charge on any atom is 0.411 e. The summed E-state index contributed by atoms with van der Waals surface area (Å²) >= 11 is 0. The van der Waals surface area contributed by atoms with E-state index in [1.807, 2.05) is 20.8 Å². The number of fused-ring (bicyclic) bond motifs is 2. The SMILES string of the molecule is COC(=O)C1=C(c2ccoc2)C2CCC1N2C(=O)OC(C)(C)C. The lowest BCUT2D eigenvalue weighted by Gasteiger charge is -2.28. The van der Waals surface area contributed by atoms with E-state index in [1.165, 1.54) is 7.11 Å². The summed E-state index contributed by atoms with van der Waals surface area (Å²) in [5.74, 6) is -0.401. The molecule has 0 aliphatic carbocycles. The summed E-state index contributed by atoms with van der Waals surface area (Å²) in [6.45, 7) is 5.48. The Bertz CT molecular complexity index is 653. The minimum absolute atomic E-state index is 0.179. The maximum absolute atomic E-state index is 12.6. The van der Waals surface area contributed by atoms with Crippen molar-refractivity contribution >= 4 is 17.6 Å². The van der Waals surface area contributed by atoms with Crippen molar-refractivity contribution in [3.63, 3.8) is 0 Å². The van der Waals surface area contributed by atoms with Crippen molar-refractivity contribution in [2.45, 2.75) is 51.3 Å². The van der Waals surface area contributed by atoms with Crippen LogP contribution in [-0.2, 0) is 14.3 Å². The third-order valence-electron chi connectivity index (χ3n) is 4.18. The second-order valence-electron chi connectivity index (χ2n) is 6.83. The van der Waals surface area contributed by atoms with E-state index in [1.54, 1.807) is 23.5 Å². The zero-order valence-corrected chi connectivity index (χ0v) is 13.8. The third kappa shape index (κ3) is 2.62. The molecule has 0 aromatic carbocycles. The molecule has 2 aliphatic rings. The van der Waals surface area contributed by atoms with Gasteiger partial charge in [-0.3, -0.25) is 4.90 Å². The van der Waals surface area contributed by atoms with Gasteiger partial charge in [0.15, 0.2) is 0 Å². The van der Waals surface area contributed by atoms with E-state index in [-0.39, 0.29) is 12.1 Å². The van der Waals surface area contributed by atoms with Gasteiger partial charge >= 0.3 is 12.1 Å². The van der Waals surface area contributed by atoms with Crippen LogP contribution in [0.5, 0.6) is 0 Å². The highest BCUT2D eigenvalue weighted by atomic mass is 16.6. The van der Waals surface area contributed by atoms with E-state index in [0.717, 1.165) is 24.0 Å². The number of carbonyl (C=O) groups excluding carboxylic acids is 2. The molecule has 23 heavy (non-hydrogen) atoms. The topological polar surface area (TPSA) is 69.0 Å². The first kappa shape index (κ1) is 15.6. The van der Waals surface area contributed by atoms with Crippen molar-refractivity contribution in [3.8, 4) is 0 Å². The van der Waals surface area contributed by atoms with Gasteiger partial charge in [-0.1, -0.05) is 0 Å². The lowest BCUT2D eigenvalue weighted by Crippen LogP contribution is -2.41. The van der Waals surface area contributed by atoms with Gasteiger partial charge in [0, 0.05) is 5.56 Å². The molecular formula is C17H21NO5. The van der Waals surface area contributed by atoms with Crippen molar-refractivity contribution in [1.82, 2.24) is 4.90 Å². The number of amides is 1. The smallest absolute Gasteiger partial charge is 0.411 e. The van der Waals surface area contributed by atoms with Gasteiger partial charge < -0.3 is 13.9 Å². The predicted octanol–water partition coefficient (Wildman–Crippen LogP) is 2.99. The quantitative estimate of drug-likeness (QED) is 0.784. The third-order valence-corrected chi connectivity index (χ3v) is 4.18. The Hall–Kier alpha value is -2.24. The fraction of sp³-hybridized carbons (Fsp3) is 0.529. The lowest BCUT2D eigenvalue weighted by molar-refractivity contribution is -0.136. The number of hydrogen-bond donors (Lipinski definition) is 0. The molecule has 2 atom stereocenters. The standard InChI is InChI=1S/C17H21NO5/c1-17(2,3)23-16(20)18-11-5-6-12(18)14(15(19)21-4)13(11)10-7-8-22-9-10/h7-9,11-12H,5-6H2,1-4H3. The Labute approximate surface area is 135 Å². The molecule has 2 unspecified atom stereocenters. The van der Waals surface area contributed by atoms with Gasteiger partial charge in [0.2, 0.25) is 0 Å². The van der Waals surface area contributed by atoms with Crippen molar-refractivity contribution < 1.29 is 23.5 Å². The summed E-state index contributed by atoms with van der Waals surface area (Å²) in [7, 11) is 1.35. The van der Waals surface area contributed by atoms with Crippen molar-refractivity contribution in [1.29, 1.82) is 0 Å². The summed E-state index contributed by atoms with van der Waals surface area (Å²) in [5.41, 5.74) is 1.58. The predicted molar refractivity (Wildman–Crippen MR) is 82.5 cm³/mol. The number of carbonyl (C=O) groups is 2. The molecule has 2 aliphatic heterocycles. The molecule has 6 nitrogen and oxygen atoms in total. The normalized spacial score (nSPS) is 23.4. The summed E-state index contributed by atoms with van der Waals surface area (Å²) in [6.07, 6.45) is 4.28. The number of methoxy groups -OCH3 is 1. The molecule has 1 saturated heterocycles. The maximum atomic E-state index is 12.6. The van der Waals surface area contributed by atoms with Crippen molar-refractivity contribution in [2.24, 2.45) is 0 Å². The monoisotopic (exact) mass is 319 g/mol. The van der Waals surface area contributed by atoms with Gasteiger partial charge in [-0.25, -0.2) is 9.59 Å². The van der Waals surface area contributed by atoms with Crippen LogP contribution < -0.4 is 0 Å². The molecule has 3 rings (SSSR count). The number of rotatable bonds is 2. The zero-order chi connectivity index (χ0) is 16.8. The molecule has 1 aromatic heterocycles. The summed E-state index contributed by atoms with van der Waals surface area (Å²) in [4.78, 5) is 26.5. The van der Waals surface area contributed by atoms with E-state index in [2.05, 4.69) is 0 Å². The molecule has 2 bridgehead atoms. The number of nitrogens with zero attached hydrogens (tertiary/aromatic N) is 1. The largest absolute Gasteiger partial charge is 0.472 e. The van der Waals surface area contributed by atoms with Crippen LogP contribution in [0.4, 0.5) is 4.79 Å². The number of hydrogen-bond acceptors (Lipinski definition) is 5. The fourth-order valence-electron chi connectivity index (χ4n) is 3.43. The van der Waals surface area contributed by atoms with E-state index < -0.39 is 17.7 Å². The van der Waals surface area contributed by atoms with Gasteiger partial charge in [0.25, 0.3) is 0 Å². The Kier molecular flexibility index (Phi) is 3.70. The van der Waals surface area contributed by atoms with Crippen LogP contribution in [0.25, 0.3) is 5.57 Å². The van der Waals surface area contributed by atoms with E-state index >= 15 is 0 Å². The van der Waals surface area contributed by atoms with Crippen LogP contribution in [0.3, 0.4) is 0 Å². The highest BCUT2D eigenvalue weighted by molar-refractivity contribution is 6.03. The van der Waals surface area contributed by atoms with Crippen LogP contribution in [0.1, 0.15) is 39.2 Å².